The van der Waals surface area contributed by atoms with Gasteiger partial charge in [-0.25, -0.2) is 0 Å². The Morgan fingerprint density at radius 1 is 1.38 bits per heavy atom. The molecule has 3 nitrogen and oxygen atoms in total. The smallest absolute Gasteiger partial charge is 0.220 e. The van der Waals surface area contributed by atoms with Crippen LogP contribution in [-0.4, -0.2) is 25.0 Å². The predicted octanol–water partition coefficient (Wildman–Crippen LogP) is 0.901. The Morgan fingerprint density at radius 3 is 2.62 bits per heavy atom. The van der Waals surface area contributed by atoms with E-state index in [9.17, 15) is 4.79 Å². The average molecular weight is 184 g/mol. The summed E-state index contributed by atoms with van der Waals surface area (Å²) in [6.45, 7) is 5.83. The molecule has 1 fully saturated rings. The minimum atomic E-state index is 0.216. The van der Waals surface area contributed by atoms with E-state index in [0.29, 0.717) is 12.0 Å². The van der Waals surface area contributed by atoms with E-state index in [2.05, 4.69) is 24.5 Å². The van der Waals surface area contributed by atoms with Gasteiger partial charge in [-0.1, -0.05) is 13.8 Å². The third-order valence-corrected chi connectivity index (χ3v) is 2.17. The van der Waals surface area contributed by atoms with Crippen LogP contribution in [0.1, 0.15) is 33.1 Å². The van der Waals surface area contributed by atoms with Gasteiger partial charge in [-0.3, -0.25) is 4.79 Å². The zero-order chi connectivity index (χ0) is 9.68. The molecule has 1 aliphatic carbocycles. The molecule has 0 atom stereocenters. The van der Waals surface area contributed by atoms with E-state index in [-0.39, 0.29) is 5.91 Å². The van der Waals surface area contributed by atoms with Gasteiger partial charge in [-0.05, 0) is 18.8 Å². The first-order valence-corrected chi connectivity index (χ1v) is 5.18. The number of hydrogen-bond acceptors (Lipinski definition) is 2. The Labute approximate surface area is 80.3 Å². The molecule has 0 aliphatic heterocycles. The van der Waals surface area contributed by atoms with Crippen molar-refractivity contribution < 1.29 is 4.79 Å². The highest BCUT2D eigenvalue weighted by molar-refractivity contribution is 5.76. The van der Waals surface area contributed by atoms with E-state index < -0.39 is 0 Å². The van der Waals surface area contributed by atoms with Gasteiger partial charge in [0.15, 0.2) is 0 Å². The van der Waals surface area contributed by atoms with Crippen molar-refractivity contribution in [2.24, 2.45) is 5.92 Å². The molecular weight excluding hydrogens is 164 g/mol. The van der Waals surface area contributed by atoms with Crippen LogP contribution >= 0.6 is 0 Å². The van der Waals surface area contributed by atoms with Crippen LogP contribution < -0.4 is 10.6 Å². The first kappa shape index (κ1) is 10.5. The third-order valence-electron chi connectivity index (χ3n) is 2.17. The predicted molar refractivity (Wildman–Crippen MR) is 53.5 cm³/mol. The monoisotopic (exact) mass is 184 g/mol. The van der Waals surface area contributed by atoms with Crippen molar-refractivity contribution in [2.75, 3.05) is 13.1 Å². The van der Waals surface area contributed by atoms with Crippen molar-refractivity contribution >= 4 is 5.91 Å². The highest BCUT2D eigenvalue weighted by Crippen LogP contribution is 2.31. The standard InChI is InChI=1S/C10H20N2O/c1-8(2)11-5-6-12-10(13)7-9-3-4-9/h8-9,11H,3-7H2,1-2H3,(H,12,13). The van der Waals surface area contributed by atoms with Gasteiger partial charge in [0.2, 0.25) is 5.91 Å². The molecule has 0 unspecified atom stereocenters. The summed E-state index contributed by atoms with van der Waals surface area (Å²) in [7, 11) is 0. The normalized spacial score (nSPS) is 16.2. The Morgan fingerprint density at radius 2 is 2.08 bits per heavy atom. The number of hydrogen-bond donors (Lipinski definition) is 2. The summed E-state index contributed by atoms with van der Waals surface area (Å²) in [5, 5.41) is 6.16. The molecule has 0 aromatic heterocycles. The lowest BCUT2D eigenvalue weighted by Gasteiger charge is -2.08. The number of amides is 1. The van der Waals surface area contributed by atoms with Crippen LogP contribution in [-0.2, 0) is 4.79 Å². The third kappa shape index (κ3) is 5.64. The molecule has 1 rings (SSSR count). The molecule has 1 amide bonds. The lowest BCUT2D eigenvalue weighted by Crippen LogP contribution is -2.34. The van der Waals surface area contributed by atoms with Crippen molar-refractivity contribution in [2.45, 2.75) is 39.2 Å². The molecule has 13 heavy (non-hydrogen) atoms. The largest absolute Gasteiger partial charge is 0.355 e. The maximum atomic E-state index is 11.2. The number of carbonyl (C=O) groups is 1. The first-order valence-electron chi connectivity index (χ1n) is 5.18. The summed E-state index contributed by atoms with van der Waals surface area (Å²) >= 11 is 0. The van der Waals surface area contributed by atoms with Gasteiger partial charge in [0.05, 0.1) is 0 Å². The van der Waals surface area contributed by atoms with Crippen LogP contribution in [0.2, 0.25) is 0 Å². The minimum Gasteiger partial charge on any atom is -0.355 e. The number of rotatable bonds is 6. The van der Waals surface area contributed by atoms with Crippen LogP contribution in [0.5, 0.6) is 0 Å². The lowest BCUT2D eigenvalue weighted by molar-refractivity contribution is -0.121. The molecule has 1 saturated carbocycles. The molecule has 0 aromatic rings. The Kier molecular flexibility index (Phi) is 4.22. The quantitative estimate of drug-likeness (QED) is 0.602. The maximum absolute atomic E-state index is 11.2. The van der Waals surface area contributed by atoms with Gasteiger partial charge >= 0.3 is 0 Å². The zero-order valence-electron chi connectivity index (χ0n) is 8.60. The summed E-state index contributed by atoms with van der Waals surface area (Å²) in [5.74, 6) is 0.908. The van der Waals surface area contributed by atoms with Crippen molar-refractivity contribution in [3.8, 4) is 0 Å². The second-order valence-corrected chi connectivity index (χ2v) is 4.11. The van der Waals surface area contributed by atoms with Crippen LogP contribution in [0, 0.1) is 5.92 Å². The van der Waals surface area contributed by atoms with Crippen molar-refractivity contribution in [1.29, 1.82) is 0 Å². The van der Waals surface area contributed by atoms with E-state index in [1.54, 1.807) is 0 Å². The molecule has 2 N–H and O–H groups in total. The van der Waals surface area contributed by atoms with Gasteiger partial charge in [0, 0.05) is 25.6 Å². The highest BCUT2D eigenvalue weighted by Gasteiger charge is 2.23. The molecule has 0 aromatic carbocycles. The fourth-order valence-corrected chi connectivity index (χ4v) is 1.22. The molecule has 1 aliphatic rings. The van der Waals surface area contributed by atoms with E-state index in [1.807, 2.05) is 0 Å². The summed E-state index contributed by atoms with van der Waals surface area (Å²) in [6, 6.07) is 0.500. The second-order valence-electron chi connectivity index (χ2n) is 4.11. The summed E-state index contributed by atoms with van der Waals surface area (Å²) in [5.41, 5.74) is 0. The first-order chi connectivity index (χ1) is 6.18. The number of nitrogens with one attached hydrogen (secondary N) is 2. The molecule has 0 spiro atoms. The number of carbonyl (C=O) groups excluding carboxylic acids is 1. The van der Waals surface area contributed by atoms with E-state index >= 15 is 0 Å². The molecule has 0 saturated heterocycles. The fraction of sp³-hybridized carbons (Fsp3) is 0.900. The van der Waals surface area contributed by atoms with Crippen molar-refractivity contribution in [1.82, 2.24) is 10.6 Å². The molecule has 0 radical (unpaired) electrons. The second kappa shape index (κ2) is 5.22. The Hall–Kier alpha value is -0.570. The molecule has 76 valence electrons. The van der Waals surface area contributed by atoms with E-state index in [0.717, 1.165) is 19.5 Å². The molecule has 0 bridgehead atoms. The summed E-state index contributed by atoms with van der Waals surface area (Å²) in [4.78, 5) is 11.2. The Bertz CT molecular complexity index is 164. The van der Waals surface area contributed by atoms with Crippen LogP contribution in [0.4, 0.5) is 0 Å². The van der Waals surface area contributed by atoms with E-state index in [4.69, 9.17) is 0 Å². The summed E-state index contributed by atoms with van der Waals surface area (Å²) < 4.78 is 0. The average Bonchev–Trinajstić information content (AvgIpc) is 2.81. The van der Waals surface area contributed by atoms with Crippen molar-refractivity contribution in [3.05, 3.63) is 0 Å². The molecular formula is C10H20N2O. The molecule has 3 heteroatoms. The van der Waals surface area contributed by atoms with Crippen LogP contribution in [0.15, 0.2) is 0 Å². The molecule has 0 heterocycles. The highest BCUT2D eigenvalue weighted by atomic mass is 16.1. The van der Waals surface area contributed by atoms with Crippen LogP contribution in [0.3, 0.4) is 0 Å². The minimum absolute atomic E-state index is 0.216. The Balaban J connectivity index is 1.89. The maximum Gasteiger partial charge on any atom is 0.220 e. The zero-order valence-corrected chi connectivity index (χ0v) is 8.60. The lowest BCUT2D eigenvalue weighted by atomic mass is 10.3. The van der Waals surface area contributed by atoms with Crippen molar-refractivity contribution in [3.63, 3.8) is 0 Å². The fourth-order valence-electron chi connectivity index (χ4n) is 1.22. The topological polar surface area (TPSA) is 41.1 Å². The van der Waals surface area contributed by atoms with Gasteiger partial charge < -0.3 is 10.6 Å². The van der Waals surface area contributed by atoms with E-state index in [1.165, 1.54) is 12.8 Å². The van der Waals surface area contributed by atoms with Crippen LogP contribution in [0.25, 0.3) is 0 Å². The van der Waals surface area contributed by atoms with Gasteiger partial charge in [0.25, 0.3) is 0 Å². The van der Waals surface area contributed by atoms with Gasteiger partial charge in [-0.15, -0.1) is 0 Å². The summed E-state index contributed by atoms with van der Waals surface area (Å²) in [6.07, 6.45) is 3.23. The van der Waals surface area contributed by atoms with Gasteiger partial charge in [-0.2, -0.15) is 0 Å². The van der Waals surface area contributed by atoms with Gasteiger partial charge in [0.1, 0.15) is 0 Å². The SMILES string of the molecule is CC(C)NCCNC(=O)CC1CC1.